The molecule has 2 amide bonds. The second-order valence-corrected chi connectivity index (χ2v) is 7.23. The van der Waals surface area contributed by atoms with Crippen LogP contribution < -0.4 is 19.7 Å². The first-order valence-corrected chi connectivity index (χ1v) is 10.1. The van der Waals surface area contributed by atoms with Gasteiger partial charge in [0.15, 0.2) is 11.5 Å². The number of para-hydroxylation sites is 1. The van der Waals surface area contributed by atoms with Gasteiger partial charge in [-0.1, -0.05) is 12.1 Å². The molecule has 0 radical (unpaired) electrons. The van der Waals surface area contributed by atoms with Gasteiger partial charge in [0.25, 0.3) is 0 Å². The summed E-state index contributed by atoms with van der Waals surface area (Å²) in [4.78, 5) is 26.8. The molecule has 1 atom stereocenters. The molecular weight excluding hydrogens is 424 g/mol. The zero-order valence-electron chi connectivity index (χ0n) is 15.9. The van der Waals surface area contributed by atoms with Crippen molar-refractivity contribution in [2.75, 3.05) is 30.0 Å². The SMILES string of the molecule is CCOc1ccc(NC(=O)C2CC(=O)N(c3ccccc3Br)C2)cc1OCC. The van der Waals surface area contributed by atoms with E-state index in [0.717, 1.165) is 10.2 Å². The molecule has 3 rings (SSSR count). The second-order valence-electron chi connectivity index (χ2n) is 6.37. The molecule has 1 aliphatic heterocycles. The summed E-state index contributed by atoms with van der Waals surface area (Å²) in [6, 6.07) is 12.8. The quantitative estimate of drug-likeness (QED) is 0.690. The Labute approximate surface area is 172 Å². The summed E-state index contributed by atoms with van der Waals surface area (Å²) in [5, 5.41) is 2.89. The number of nitrogens with one attached hydrogen (secondary N) is 1. The van der Waals surface area contributed by atoms with Gasteiger partial charge in [-0.15, -0.1) is 0 Å². The van der Waals surface area contributed by atoms with Gasteiger partial charge in [-0.2, -0.15) is 0 Å². The number of benzene rings is 2. The number of carbonyl (C=O) groups excluding carboxylic acids is 2. The highest BCUT2D eigenvalue weighted by Gasteiger charge is 2.35. The van der Waals surface area contributed by atoms with E-state index in [9.17, 15) is 9.59 Å². The average molecular weight is 447 g/mol. The summed E-state index contributed by atoms with van der Waals surface area (Å²) in [7, 11) is 0. The van der Waals surface area contributed by atoms with Gasteiger partial charge >= 0.3 is 0 Å². The van der Waals surface area contributed by atoms with Crippen LogP contribution in [0.15, 0.2) is 46.9 Å². The second kappa shape index (κ2) is 9.10. The number of nitrogens with zero attached hydrogens (tertiary/aromatic N) is 1. The number of rotatable bonds is 7. The first-order chi connectivity index (χ1) is 13.5. The van der Waals surface area contributed by atoms with Crippen LogP contribution in [0, 0.1) is 5.92 Å². The van der Waals surface area contributed by atoms with Crippen molar-refractivity contribution in [3.05, 3.63) is 46.9 Å². The van der Waals surface area contributed by atoms with Gasteiger partial charge in [-0.25, -0.2) is 0 Å². The van der Waals surface area contributed by atoms with E-state index in [-0.39, 0.29) is 18.2 Å². The third kappa shape index (κ3) is 4.47. The van der Waals surface area contributed by atoms with E-state index >= 15 is 0 Å². The van der Waals surface area contributed by atoms with Crippen LogP contribution in [0.25, 0.3) is 0 Å². The molecule has 2 aromatic rings. The van der Waals surface area contributed by atoms with Gasteiger partial charge in [0, 0.05) is 29.2 Å². The molecule has 148 valence electrons. The molecule has 0 spiro atoms. The predicted molar refractivity (Wildman–Crippen MR) is 112 cm³/mol. The van der Waals surface area contributed by atoms with Gasteiger partial charge in [0.1, 0.15) is 0 Å². The van der Waals surface area contributed by atoms with E-state index in [1.54, 1.807) is 23.1 Å². The van der Waals surface area contributed by atoms with Crippen molar-refractivity contribution < 1.29 is 19.1 Å². The molecule has 1 N–H and O–H groups in total. The zero-order chi connectivity index (χ0) is 20.1. The molecule has 6 nitrogen and oxygen atoms in total. The van der Waals surface area contributed by atoms with Gasteiger partial charge < -0.3 is 19.7 Å². The van der Waals surface area contributed by atoms with E-state index < -0.39 is 5.92 Å². The Balaban J connectivity index is 1.71. The first kappa shape index (κ1) is 20.2. The fraction of sp³-hybridized carbons (Fsp3) is 0.333. The molecular formula is C21H23BrN2O4. The Morgan fingerprint density at radius 3 is 2.57 bits per heavy atom. The monoisotopic (exact) mass is 446 g/mol. The highest BCUT2D eigenvalue weighted by molar-refractivity contribution is 9.10. The van der Waals surface area contributed by atoms with Crippen LogP contribution in [0.2, 0.25) is 0 Å². The van der Waals surface area contributed by atoms with Crippen LogP contribution in [0.5, 0.6) is 11.5 Å². The molecule has 1 aliphatic rings. The van der Waals surface area contributed by atoms with Crippen molar-refractivity contribution in [3.63, 3.8) is 0 Å². The lowest BCUT2D eigenvalue weighted by Crippen LogP contribution is -2.28. The highest BCUT2D eigenvalue weighted by atomic mass is 79.9. The smallest absolute Gasteiger partial charge is 0.229 e. The molecule has 0 bridgehead atoms. The summed E-state index contributed by atoms with van der Waals surface area (Å²) in [6.07, 6.45) is 0.183. The molecule has 1 unspecified atom stereocenters. The standard InChI is InChI=1S/C21H23BrN2O4/c1-3-27-18-10-9-15(12-19(18)28-4-2)23-21(26)14-11-20(25)24(13-14)17-8-6-5-7-16(17)22/h5-10,12,14H,3-4,11,13H2,1-2H3,(H,23,26). The zero-order valence-corrected chi connectivity index (χ0v) is 17.5. The molecule has 0 aromatic heterocycles. The third-order valence-electron chi connectivity index (χ3n) is 4.45. The van der Waals surface area contributed by atoms with Crippen LogP contribution in [0.4, 0.5) is 11.4 Å². The molecule has 0 saturated carbocycles. The summed E-state index contributed by atoms with van der Waals surface area (Å²) >= 11 is 3.47. The molecule has 7 heteroatoms. The number of carbonyl (C=O) groups is 2. The van der Waals surface area contributed by atoms with Gasteiger partial charge in [-0.05, 0) is 54.0 Å². The Bertz CT molecular complexity index is 871. The topological polar surface area (TPSA) is 67.9 Å². The summed E-state index contributed by atoms with van der Waals surface area (Å²) in [5.74, 6) is 0.558. The normalized spacial score (nSPS) is 16.2. The maximum Gasteiger partial charge on any atom is 0.229 e. The van der Waals surface area contributed by atoms with Crippen molar-refractivity contribution >= 4 is 39.1 Å². The number of hydrogen-bond donors (Lipinski definition) is 1. The van der Waals surface area contributed by atoms with Crippen LogP contribution in [0.1, 0.15) is 20.3 Å². The number of amides is 2. The van der Waals surface area contributed by atoms with E-state index in [1.807, 2.05) is 38.1 Å². The van der Waals surface area contributed by atoms with E-state index in [4.69, 9.17) is 9.47 Å². The van der Waals surface area contributed by atoms with Gasteiger partial charge in [0.05, 0.1) is 24.8 Å². The van der Waals surface area contributed by atoms with Crippen molar-refractivity contribution in [3.8, 4) is 11.5 Å². The van der Waals surface area contributed by atoms with Gasteiger partial charge in [0.2, 0.25) is 11.8 Å². The fourth-order valence-electron chi connectivity index (χ4n) is 3.16. The number of halogens is 1. The highest BCUT2D eigenvalue weighted by Crippen LogP contribution is 2.33. The van der Waals surface area contributed by atoms with Crippen molar-refractivity contribution in [2.24, 2.45) is 5.92 Å². The summed E-state index contributed by atoms with van der Waals surface area (Å²) in [6.45, 7) is 5.17. The van der Waals surface area contributed by atoms with Crippen molar-refractivity contribution in [2.45, 2.75) is 20.3 Å². The molecule has 28 heavy (non-hydrogen) atoms. The molecule has 1 heterocycles. The lowest BCUT2D eigenvalue weighted by atomic mass is 10.1. The maximum absolute atomic E-state index is 12.7. The summed E-state index contributed by atoms with van der Waals surface area (Å²) < 4.78 is 12.0. The Hall–Kier alpha value is -2.54. The third-order valence-corrected chi connectivity index (χ3v) is 5.12. The summed E-state index contributed by atoms with van der Waals surface area (Å²) in [5.41, 5.74) is 1.39. The molecule has 0 aliphatic carbocycles. The molecule has 1 saturated heterocycles. The number of hydrogen-bond acceptors (Lipinski definition) is 4. The van der Waals surface area contributed by atoms with Crippen LogP contribution >= 0.6 is 15.9 Å². The lowest BCUT2D eigenvalue weighted by Gasteiger charge is -2.18. The van der Waals surface area contributed by atoms with E-state index in [1.165, 1.54) is 0 Å². The van der Waals surface area contributed by atoms with Crippen molar-refractivity contribution in [1.82, 2.24) is 0 Å². The van der Waals surface area contributed by atoms with E-state index in [0.29, 0.717) is 36.9 Å². The van der Waals surface area contributed by atoms with Crippen LogP contribution in [-0.4, -0.2) is 31.6 Å². The fourth-order valence-corrected chi connectivity index (χ4v) is 3.66. The number of anilines is 2. The largest absolute Gasteiger partial charge is 0.490 e. The average Bonchev–Trinajstić information content (AvgIpc) is 3.06. The van der Waals surface area contributed by atoms with Crippen LogP contribution in [0.3, 0.4) is 0 Å². The molecule has 1 fully saturated rings. The van der Waals surface area contributed by atoms with Crippen molar-refractivity contribution in [1.29, 1.82) is 0 Å². The molecule has 2 aromatic carbocycles. The van der Waals surface area contributed by atoms with E-state index in [2.05, 4.69) is 21.2 Å². The van der Waals surface area contributed by atoms with Gasteiger partial charge in [-0.3, -0.25) is 9.59 Å². The van der Waals surface area contributed by atoms with Crippen LogP contribution in [-0.2, 0) is 9.59 Å². The maximum atomic E-state index is 12.7. The minimum atomic E-state index is -0.415. The Kier molecular flexibility index (Phi) is 6.57. The number of ether oxygens (including phenoxy) is 2. The predicted octanol–water partition coefficient (Wildman–Crippen LogP) is 4.24. The Morgan fingerprint density at radius 1 is 1.14 bits per heavy atom. The Morgan fingerprint density at radius 2 is 1.86 bits per heavy atom. The minimum absolute atomic E-state index is 0.0613. The minimum Gasteiger partial charge on any atom is -0.490 e. The lowest BCUT2D eigenvalue weighted by molar-refractivity contribution is -0.122. The first-order valence-electron chi connectivity index (χ1n) is 9.28.